The van der Waals surface area contributed by atoms with Gasteiger partial charge in [-0.1, -0.05) is 26.5 Å². The average Bonchev–Trinajstić information content (AvgIpc) is 2.72. The van der Waals surface area contributed by atoms with E-state index >= 15 is 0 Å². The van der Waals surface area contributed by atoms with Crippen LogP contribution in [0.5, 0.6) is 11.5 Å². The molecule has 0 saturated heterocycles. The Kier molecular flexibility index (Phi) is 5.32. The molecule has 1 aliphatic heterocycles. The van der Waals surface area contributed by atoms with Gasteiger partial charge in [0.1, 0.15) is 28.1 Å². The van der Waals surface area contributed by atoms with E-state index in [0.717, 1.165) is 0 Å². The lowest BCUT2D eigenvalue weighted by Crippen LogP contribution is -2.51. The highest BCUT2D eigenvalue weighted by atomic mass is 16.6. The van der Waals surface area contributed by atoms with Crippen molar-refractivity contribution in [3.05, 3.63) is 57.3 Å². The first-order valence-corrected chi connectivity index (χ1v) is 10.6. The van der Waals surface area contributed by atoms with Crippen LogP contribution in [0.1, 0.15) is 37.5 Å². The summed E-state index contributed by atoms with van der Waals surface area (Å²) in [7, 11) is 0. The first-order valence-electron chi connectivity index (χ1n) is 10.6. The molecule has 0 saturated carbocycles. The molecule has 7 heteroatoms. The van der Waals surface area contributed by atoms with Crippen molar-refractivity contribution >= 4 is 21.9 Å². The fourth-order valence-corrected chi connectivity index (χ4v) is 4.48. The number of benzene rings is 2. The van der Waals surface area contributed by atoms with Gasteiger partial charge in [-0.2, -0.15) is 0 Å². The number of hydrogen-bond acceptors (Lipinski definition) is 7. The SMILES string of the molecule is C=C(C(C)C)C(O)C1Cc2c(cc3oc4ccc(C)c(O)c4c(=O)c3c2CO)OC1(C)O. The lowest BCUT2D eigenvalue weighted by molar-refractivity contribution is -0.192. The Balaban J connectivity index is 1.99. The Morgan fingerprint density at radius 3 is 2.59 bits per heavy atom. The van der Waals surface area contributed by atoms with Crippen LogP contribution in [0, 0.1) is 18.8 Å². The van der Waals surface area contributed by atoms with Crippen LogP contribution in [0.25, 0.3) is 21.9 Å². The molecular formula is C25H28O7. The zero-order valence-electron chi connectivity index (χ0n) is 18.6. The van der Waals surface area contributed by atoms with Gasteiger partial charge in [-0.3, -0.25) is 4.79 Å². The van der Waals surface area contributed by atoms with Gasteiger partial charge in [-0.25, -0.2) is 0 Å². The summed E-state index contributed by atoms with van der Waals surface area (Å²) in [5.41, 5.74) is 1.80. The van der Waals surface area contributed by atoms with Crippen LogP contribution in [0.2, 0.25) is 0 Å². The van der Waals surface area contributed by atoms with E-state index in [1.807, 2.05) is 13.8 Å². The fraction of sp³-hybridized carbons (Fsp3) is 0.400. The minimum Gasteiger partial charge on any atom is -0.507 e. The van der Waals surface area contributed by atoms with E-state index in [1.54, 1.807) is 19.1 Å². The second-order valence-electron chi connectivity index (χ2n) is 9.04. The highest BCUT2D eigenvalue weighted by Gasteiger charge is 2.45. The zero-order chi connectivity index (χ0) is 23.5. The summed E-state index contributed by atoms with van der Waals surface area (Å²) < 4.78 is 11.7. The van der Waals surface area contributed by atoms with Gasteiger partial charge in [0, 0.05) is 18.6 Å². The number of aliphatic hydroxyl groups is 3. The van der Waals surface area contributed by atoms with Crippen LogP contribution in [-0.2, 0) is 13.0 Å². The van der Waals surface area contributed by atoms with E-state index in [1.165, 1.54) is 13.0 Å². The molecule has 0 bridgehead atoms. The predicted molar refractivity (Wildman–Crippen MR) is 121 cm³/mol. The van der Waals surface area contributed by atoms with Gasteiger partial charge >= 0.3 is 0 Å². The lowest BCUT2D eigenvalue weighted by Gasteiger charge is -2.42. The topological polar surface area (TPSA) is 120 Å². The first kappa shape index (κ1) is 22.3. The minimum absolute atomic E-state index is 0.0132. The Bertz CT molecular complexity index is 1300. The molecule has 3 unspecified atom stereocenters. The van der Waals surface area contributed by atoms with Crippen LogP contribution >= 0.6 is 0 Å². The number of ether oxygens (including phenoxy) is 1. The number of aromatic hydroxyl groups is 1. The molecule has 4 rings (SSSR count). The van der Waals surface area contributed by atoms with Gasteiger partial charge in [0.15, 0.2) is 0 Å². The number of rotatable bonds is 4. The number of phenols is 1. The van der Waals surface area contributed by atoms with Crippen molar-refractivity contribution in [3.63, 3.8) is 0 Å². The third-order valence-corrected chi connectivity index (χ3v) is 6.58. The molecule has 4 N–H and O–H groups in total. The number of aliphatic hydroxyl groups excluding tert-OH is 2. The van der Waals surface area contributed by atoms with Gasteiger partial charge < -0.3 is 29.6 Å². The van der Waals surface area contributed by atoms with Gasteiger partial charge in [-0.05, 0) is 42.0 Å². The van der Waals surface area contributed by atoms with Crippen LogP contribution in [-0.4, -0.2) is 32.3 Å². The summed E-state index contributed by atoms with van der Waals surface area (Å²) in [5.74, 6) is -2.39. The maximum absolute atomic E-state index is 13.4. The number of aryl methyl sites for hydroxylation is 1. The second kappa shape index (κ2) is 7.62. The van der Waals surface area contributed by atoms with E-state index in [0.29, 0.717) is 16.7 Å². The predicted octanol–water partition coefficient (Wildman–Crippen LogP) is 3.29. The summed E-state index contributed by atoms with van der Waals surface area (Å²) in [5, 5.41) is 42.8. The van der Waals surface area contributed by atoms with Gasteiger partial charge in [0.05, 0.1) is 24.0 Å². The number of phenolic OH excluding ortho intramolecular Hbond substituents is 1. The molecule has 0 fully saturated rings. The summed E-state index contributed by atoms with van der Waals surface area (Å²) in [6, 6.07) is 4.76. The standard InChI is InChI=1S/C25H28O7/c1-11(2)13(4)23(28)16-8-14-15(10-26)20-19(9-18(14)32-25(16,5)30)31-17-7-6-12(3)22(27)21(17)24(20)29/h6-7,9,11,16,23,26-28,30H,4,8,10H2,1-3,5H3. The third kappa shape index (κ3) is 3.28. The Morgan fingerprint density at radius 2 is 1.97 bits per heavy atom. The summed E-state index contributed by atoms with van der Waals surface area (Å²) in [6.45, 7) is 10.4. The van der Waals surface area contributed by atoms with Crippen LogP contribution < -0.4 is 10.2 Å². The molecule has 0 radical (unpaired) electrons. The summed E-state index contributed by atoms with van der Waals surface area (Å²) in [4.78, 5) is 13.4. The highest BCUT2D eigenvalue weighted by molar-refractivity contribution is 5.96. The van der Waals surface area contributed by atoms with Crippen molar-refractivity contribution in [2.75, 3.05) is 0 Å². The van der Waals surface area contributed by atoms with Crippen LogP contribution in [0.4, 0.5) is 0 Å². The number of fused-ring (bicyclic) bond motifs is 3. The van der Waals surface area contributed by atoms with E-state index < -0.39 is 29.8 Å². The van der Waals surface area contributed by atoms with Crippen molar-refractivity contribution in [2.45, 2.75) is 52.6 Å². The molecule has 170 valence electrons. The van der Waals surface area contributed by atoms with Crippen LogP contribution in [0.15, 0.2) is 39.6 Å². The van der Waals surface area contributed by atoms with Gasteiger partial charge in [0.25, 0.3) is 0 Å². The molecule has 1 aliphatic rings. The van der Waals surface area contributed by atoms with Gasteiger partial charge in [0.2, 0.25) is 11.2 Å². The second-order valence-corrected chi connectivity index (χ2v) is 9.04. The molecule has 0 amide bonds. The van der Waals surface area contributed by atoms with E-state index in [-0.39, 0.29) is 51.3 Å². The normalized spacial score (nSPS) is 21.6. The molecule has 2 heterocycles. The first-order chi connectivity index (χ1) is 15.0. The molecule has 32 heavy (non-hydrogen) atoms. The molecule has 0 spiro atoms. The van der Waals surface area contributed by atoms with Crippen molar-refractivity contribution in [3.8, 4) is 11.5 Å². The van der Waals surface area contributed by atoms with Gasteiger partial charge in [-0.15, -0.1) is 0 Å². The fourth-order valence-electron chi connectivity index (χ4n) is 4.48. The van der Waals surface area contributed by atoms with Crippen LogP contribution in [0.3, 0.4) is 0 Å². The maximum atomic E-state index is 13.4. The largest absolute Gasteiger partial charge is 0.507 e. The quantitative estimate of drug-likeness (QED) is 0.363. The molecule has 0 aliphatic carbocycles. The number of hydrogen-bond donors (Lipinski definition) is 4. The Labute approximate surface area is 185 Å². The van der Waals surface area contributed by atoms with Crippen molar-refractivity contribution < 1.29 is 29.6 Å². The summed E-state index contributed by atoms with van der Waals surface area (Å²) >= 11 is 0. The maximum Gasteiger partial charge on any atom is 0.211 e. The Hall–Kier alpha value is -2.87. The average molecular weight is 440 g/mol. The molecule has 2 aromatic carbocycles. The minimum atomic E-state index is -1.71. The summed E-state index contributed by atoms with van der Waals surface area (Å²) in [6.07, 6.45) is -0.904. The molecule has 3 aromatic rings. The zero-order valence-corrected chi connectivity index (χ0v) is 18.6. The Morgan fingerprint density at radius 1 is 1.28 bits per heavy atom. The molecule has 1 aromatic heterocycles. The molecule has 3 atom stereocenters. The molecular weight excluding hydrogens is 412 g/mol. The van der Waals surface area contributed by atoms with Crippen molar-refractivity contribution in [2.24, 2.45) is 11.8 Å². The highest BCUT2D eigenvalue weighted by Crippen LogP contribution is 2.43. The van der Waals surface area contributed by atoms with Crippen molar-refractivity contribution in [1.29, 1.82) is 0 Å². The molecule has 7 nitrogen and oxygen atoms in total. The third-order valence-electron chi connectivity index (χ3n) is 6.58. The lowest BCUT2D eigenvalue weighted by atomic mass is 9.78. The smallest absolute Gasteiger partial charge is 0.211 e. The van der Waals surface area contributed by atoms with Crippen molar-refractivity contribution in [1.82, 2.24) is 0 Å². The van der Waals surface area contributed by atoms with E-state index in [2.05, 4.69) is 6.58 Å². The monoisotopic (exact) mass is 440 g/mol. The van der Waals surface area contributed by atoms with E-state index in [4.69, 9.17) is 9.15 Å². The van der Waals surface area contributed by atoms with E-state index in [9.17, 15) is 25.2 Å².